The summed E-state index contributed by atoms with van der Waals surface area (Å²) in [4.78, 5) is 18.7. The largest absolute Gasteiger partial charge is 0.394 e. The molecule has 20 heavy (non-hydrogen) atoms. The van der Waals surface area contributed by atoms with Crippen molar-refractivity contribution in [1.82, 2.24) is 15.2 Å². The second-order valence-corrected chi connectivity index (χ2v) is 6.65. The number of carbonyl (C=O) groups excluding carboxylic acids is 1. The fourth-order valence-corrected chi connectivity index (χ4v) is 3.77. The minimum Gasteiger partial charge on any atom is -0.394 e. The SMILES string of the molecule is Cc1csc(C(NC(=O)N2CCC[C@H]2CO)C2CC2)n1. The van der Waals surface area contributed by atoms with Crippen LogP contribution in [0.25, 0.3) is 0 Å². The van der Waals surface area contributed by atoms with E-state index >= 15 is 0 Å². The smallest absolute Gasteiger partial charge is 0.318 e. The van der Waals surface area contributed by atoms with E-state index in [1.807, 2.05) is 12.3 Å². The number of aryl methyl sites for hydroxylation is 1. The lowest BCUT2D eigenvalue weighted by atomic mass is 10.2. The zero-order chi connectivity index (χ0) is 14.1. The Morgan fingerprint density at radius 2 is 2.40 bits per heavy atom. The summed E-state index contributed by atoms with van der Waals surface area (Å²) in [6, 6.07) is -0.0275. The Morgan fingerprint density at radius 1 is 1.60 bits per heavy atom. The van der Waals surface area contributed by atoms with E-state index in [0.717, 1.165) is 42.9 Å². The zero-order valence-electron chi connectivity index (χ0n) is 11.7. The molecule has 1 aromatic rings. The van der Waals surface area contributed by atoms with Gasteiger partial charge in [0.2, 0.25) is 0 Å². The molecule has 1 saturated carbocycles. The predicted octanol–water partition coefficient (Wildman–Crippen LogP) is 2.07. The Morgan fingerprint density at radius 3 is 3.00 bits per heavy atom. The van der Waals surface area contributed by atoms with Crippen molar-refractivity contribution in [2.45, 2.75) is 44.7 Å². The second-order valence-electron chi connectivity index (χ2n) is 5.76. The van der Waals surface area contributed by atoms with E-state index < -0.39 is 0 Å². The van der Waals surface area contributed by atoms with Crippen LogP contribution < -0.4 is 5.32 Å². The van der Waals surface area contributed by atoms with E-state index in [1.165, 1.54) is 0 Å². The van der Waals surface area contributed by atoms with Crippen molar-refractivity contribution in [2.24, 2.45) is 5.92 Å². The number of urea groups is 1. The third-order valence-electron chi connectivity index (χ3n) is 4.12. The molecule has 1 aromatic heterocycles. The number of aromatic nitrogens is 1. The summed E-state index contributed by atoms with van der Waals surface area (Å²) < 4.78 is 0. The number of aliphatic hydroxyl groups excluding tert-OH is 1. The fraction of sp³-hybridized carbons (Fsp3) is 0.714. The molecule has 1 saturated heterocycles. The molecule has 2 fully saturated rings. The normalized spacial score (nSPS) is 23.9. The highest BCUT2D eigenvalue weighted by Gasteiger charge is 2.37. The first-order valence-corrected chi connectivity index (χ1v) is 8.17. The van der Waals surface area contributed by atoms with E-state index in [4.69, 9.17) is 0 Å². The van der Waals surface area contributed by atoms with E-state index in [0.29, 0.717) is 5.92 Å². The average molecular weight is 295 g/mol. The van der Waals surface area contributed by atoms with Gasteiger partial charge in [0.05, 0.1) is 18.7 Å². The van der Waals surface area contributed by atoms with Crippen LogP contribution in [0.5, 0.6) is 0 Å². The summed E-state index contributed by atoms with van der Waals surface area (Å²) in [6.45, 7) is 2.78. The maximum atomic E-state index is 12.4. The third-order valence-corrected chi connectivity index (χ3v) is 5.17. The van der Waals surface area contributed by atoms with Gasteiger partial charge in [-0.3, -0.25) is 0 Å². The van der Waals surface area contributed by atoms with Gasteiger partial charge in [-0.05, 0) is 38.5 Å². The maximum Gasteiger partial charge on any atom is 0.318 e. The van der Waals surface area contributed by atoms with Gasteiger partial charge in [0, 0.05) is 17.6 Å². The summed E-state index contributed by atoms with van der Waals surface area (Å²) in [5, 5.41) is 15.5. The monoisotopic (exact) mass is 295 g/mol. The Kier molecular flexibility index (Phi) is 3.94. The second kappa shape index (κ2) is 5.69. The van der Waals surface area contributed by atoms with E-state index in [-0.39, 0.29) is 24.7 Å². The maximum absolute atomic E-state index is 12.4. The highest BCUT2D eigenvalue weighted by molar-refractivity contribution is 7.09. The van der Waals surface area contributed by atoms with Gasteiger partial charge in [0.1, 0.15) is 5.01 Å². The van der Waals surface area contributed by atoms with Crippen LogP contribution in [-0.4, -0.2) is 40.2 Å². The molecule has 2 amide bonds. The van der Waals surface area contributed by atoms with Crippen LogP contribution in [0, 0.1) is 12.8 Å². The van der Waals surface area contributed by atoms with Gasteiger partial charge in [-0.1, -0.05) is 0 Å². The lowest BCUT2D eigenvalue weighted by molar-refractivity contribution is 0.153. The number of hydrogen-bond acceptors (Lipinski definition) is 4. The highest BCUT2D eigenvalue weighted by atomic mass is 32.1. The molecule has 0 spiro atoms. The molecule has 3 rings (SSSR count). The molecule has 1 unspecified atom stereocenters. The first kappa shape index (κ1) is 13.8. The van der Waals surface area contributed by atoms with Crippen molar-refractivity contribution >= 4 is 17.4 Å². The van der Waals surface area contributed by atoms with Crippen molar-refractivity contribution < 1.29 is 9.90 Å². The third kappa shape index (κ3) is 2.81. The number of nitrogens with zero attached hydrogens (tertiary/aromatic N) is 2. The number of amides is 2. The van der Waals surface area contributed by atoms with Crippen LogP contribution in [0.3, 0.4) is 0 Å². The molecular formula is C14H21N3O2S. The molecule has 1 aliphatic heterocycles. The van der Waals surface area contributed by atoms with Crippen molar-refractivity contribution in [2.75, 3.05) is 13.2 Å². The van der Waals surface area contributed by atoms with Crippen molar-refractivity contribution in [3.8, 4) is 0 Å². The lowest BCUT2D eigenvalue weighted by Crippen LogP contribution is -2.45. The van der Waals surface area contributed by atoms with Crippen molar-refractivity contribution in [3.05, 3.63) is 16.1 Å². The predicted molar refractivity (Wildman–Crippen MR) is 77.7 cm³/mol. The molecule has 2 heterocycles. The lowest BCUT2D eigenvalue weighted by Gasteiger charge is -2.26. The van der Waals surface area contributed by atoms with E-state index in [1.54, 1.807) is 16.2 Å². The number of thiazole rings is 1. The van der Waals surface area contributed by atoms with Crippen LogP contribution in [0.1, 0.15) is 42.4 Å². The molecule has 2 N–H and O–H groups in total. The molecule has 0 bridgehead atoms. The first-order valence-electron chi connectivity index (χ1n) is 7.29. The summed E-state index contributed by atoms with van der Waals surface area (Å²) in [5.41, 5.74) is 1.01. The number of rotatable bonds is 4. The number of nitrogens with one attached hydrogen (secondary N) is 1. The van der Waals surface area contributed by atoms with Gasteiger partial charge in [0.15, 0.2) is 0 Å². The molecule has 110 valence electrons. The Balaban J connectivity index is 1.69. The van der Waals surface area contributed by atoms with Crippen LogP contribution in [0.4, 0.5) is 4.79 Å². The van der Waals surface area contributed by atoms with Gasteiger partial charge in [0.25, 0.3) is 0 Å². The highest BCUT2D eigenvalue weighted by Crippen LogP contribution is 2.42. The molecule has 2 atom stereocenters. The molecule has 6 heteroatoms. The molecule has 0 aromatic carbocycles. The number of likely N-dealkylation sites (tertiary alicyclic amines) is 1. The molecule has 1 aliphatic carbocycles. The van der Waals surface area contributed by atoms with Crippen LogP contribution in [0.2, 0.25) is 0 Å². The number of aliphatic hydroxyl groups is 1. The summed E-state index contributed by atoms with van der Waals surface area (Å²) in [6.07, 6.45) is 4.19. The Hall–Kier alpha value is -1.14. The Labute approximate surface area is 123 Å². The minimum atomic E-state index is -0.0497. The summed E-state index contributed by atoms with van der Waals surface area (Å²) in [5.74, 6) is 0.527. The van der Waals surface area contributed by atoms with Gasteiger partial charge in [-0.15, -0.1) is 11.3 Å². The summed E-state index contributed by atoms with van der Waals surface area (Å²) in [7, 11) is 0. The van der Waals surface area contributed by atoms with Crippen molar-refractivity contribution in [3.63, 3.8) is 0 Å². The fourth-order valence-electron chi connectivity index (χ4n) is 2.83. The quantitative estimate of drug-likeness (QED) is 0.893. The standard InChI is InChI=1S/C14H21N3O2S/c1-9-8-20-13(15-9)12(10-4-5-10)16-14(19)17-6-2-3-11(17)7-18/h8,10-12,18H,2-7H2,1H3,(H,16,19)/t11-,12?/m0/s1. The van der Waals surface area contributed by atoms with Crippen molar-refractivity contribution in [1.29, 1.82) is 0 Å². The first-order chi connectivity index (χ1) is 9.69. The molecule has 5 nitrogen and oxygen atoms in total. The zero-order valence-corrected chi connectivity index (χ0v) is 12.5. The molecule has 0 radical (unpaired) electrons. The van der Waals surface area contributed by atoms with Crippen LogP contribution in [-0.2, 0) is 0 Å². The minimum absolute atomic E-state index is 0.0205. The molecular weight excluding hydrogens is 274 g/mol. The van der Waals surface area contributed by atoms with Gasteiger partial charge < -0.3 is 15.3 Å². The van der Waals surface area contributed by atoms with E-state index in [2.05, 4.69) is 10.3 Å². The topological polar surface area (TPSA) is 65.5 Å². The summed E-state index contributed by atoms with van der Waals surface area (Å²) >= 11 is 1.62. The average Bonchev–Trinajstić information content (AvgIpc) is 2.99. The van der Waals surface area contributed by atoms with Crippen LogP contribution in [0.15, 0.2) is 5.38 Å². The van der Waals surface area contributed by atoms with Gasteiger partial charge >= 0.3 is 6.03 Å². The van der Waals surface area contributed by atoms with Crippen LogP contribution >= 0.6 is 11.3 Å². The van der Waals surface area contributed by atoms with Gasteiger partial charge in [-0.25, -0.2) is 9.78 Å². The number of carbonyl (C=O) groups is 1. The molecule has 2 aliphatic rings. The number of hydrogen-bond donors (Lipinski definition) is 2. The van der Waals surface area contributed by atoms with E-state index in [9.17, 15) is 9.90 Å². The van der Waals surface area contributed by atoms with Gasteiger partial charge in [-0.2, -0.15) is 0 Å². The Bertz CT molecular complexity index is 487.